The molecule has 0 fully saturated rings. The first-order valence-corrected chi connectivity index (χ1v) is 6.53. The number of carbonyl (C=O) groups is 2. The summed E-state index contributed by atoms with van der Waals surface area (Å²) in [4.78, 5) is 28.9. The number of urea groups is 1. The highest BCUT2D eigenvalue weighted by atomic mass is 16.4. The highest BCUT2D eigenvalue weighted by Crippen LogP contribution is 2.13. The molecule has 0 bridgehead atoms. The van der Waals surface area contributed by atoms with Crippen LogP contribution in [0.1, 0.15) is 32.5 Å². The number of carbonyl (C=O) groups excluding carboxylic acids is 1. The van der Waals surface area contributed by atoms with Crippen molar-refractivity contribution in [2.45, 2.75) is 38.8 Å². The summed E-state index contributed by atoms with van der Waals surface area (Å²) in [6, 6.07) is -0.425. The highest BCUT2D eigenvalue weighted by molar-refractivity contribution is 5.85. The Bertz CT molecular complexity index is 486. The number of rotatable bonds is 6. The standard InChI is InChI=1S/C13H22N4O3/c1-5-6-13(2,11(18)19)15-12(20)17(4)9-10-14-7-8-16(10)3/h7-8H,5-6,9H2,1-4H3,(H,15,20)(H,18,19). The Morgan fingerprint density at radius 3 is 2.65 bits per heavy atom. The second-order valence-electron chi connectivity index (χ2n) is 5.13. The van der Waals surface area contributed by atoms with Crippen molar-refractivity contribution in [3.63, 3.8) is 0 Å². The van der Waals surface area contributed by atoms with Crippen LogP contribution in [0.2, 0.25) is 0 Å². The summed E-state index contributed by atoms with van der Waals surface area (Å²) in [5.41, 5.74) is -1.25. The molecule has 2 amide bonds. The zero-order chi connectivity index (χ0) is 15.3. The number of imidazole rings is 1. The monoisotopic (exact) mass is 282 g/mol. The van der Waals surface area contributed by atoms with E-state index in [1.165, 1.54) is 11.8 Å². The molecule has 112 valence electrons. The summed E-state index contributed by atoms with van der Waals surface area (Å²) in [7, 11) is 3.45. The van der Waals surface area contributed by atoms with Crippen molar-refractivity contribution in [1.82, 2.24) is 19.8 Å². The van der Waals surface area contributed by atoms with Gasteiger partial charge in [0.2, 0.25) is 0 Å². The number of amides is 2. The Hall–Kier alpha value is -2.05. The molecule has 0 saturated carbocycles. The van der Waals surface area contributed by atoms with E-state index in [1.54, 1.807) is 19.4 Å². The molecule has 0 aliphatic rings. The fourth-order valence-electron chi connectivity index (χ4n) is 1.89. The maximum absolute atomic E-state index is 12.1. The Morgan fingerprint density at radius 1 is 1.55 bits per heavy atom. The van der Waals surface area contributed by atoms with Gasteiger partial charge in [-0.1, -0.05) is 13.3 Å². The van der Waals surface area contributed by atoms with Crippen LogP contribution in [0, 0.1) is 0 Å². The Morgan fingerprint density at radius 2 is 2.20 bits per heavy atom. The number of nitrogens with one attached hydrogen (secondary N) is 1. The van der Waals surface area contributed by atoms with E-state index in [-0.39, 0.29) is 0 Å². The summed E-state index contributed by atoms with van der Waals surface area (Å²) in [5.74, 6) is -0.298. The molecular weight excluding hydrogens is 260 g/mol. The molecule has 1 unspecified atom stereocenters. The minimum absolute atomic E-state index is 0.317. The predicted molar refractivity (Wildman–Crippen MR) is 74.2 cm³/mol. The van der Waals surface area contributed by atoms with Gasteiger partial charge in [-0.2, -0.15) is 0 Å². The van der Waals surface area contributed by atoms with E-state index in [4.69, 9.17) is 0 Å². The molecule has 0 aliphatic carbocycles. The molecule has 0 aliphatic heterocycles. The van der Waals surface area contributed by atoms with Crippen LogP contribution in [-0.2, 0) is 18.4 Å². The third kappa shape index (κ3) is 3.72. The van der Waals surface area contributed by atoms with Crippen LogP contribution in [0.25, 0.3) is 0 Å². The van der Waals surface area contributed by atoms with Crippen LogP contribution in [-0.4, -0.2) is 44.1 Å². The van der Waals surface area contributed by atoms with E-state index in [2.05, 4.69) is 10.3 Å². The average molecular weight is 282 g/mol. The van der Waals surface area contributed by atoms with Crippen LogP contribution in [0.3, 0.4) is 0 Å². The molecule has 1 aromatic heterocycles. The van der Waals surface area contributed by atoms with Crippen molar-refractivity contribution < 1.29 is 14.7 Å². The van der Waals surface area contributed by atoms with Crippen LogP contribution in [0.5, 0.6) is 0 Å². The van der Waals surface area contributed by atoms with Crippen molar-refractivity contribution in [3.8, 4) is 0 Å². The second-order valence-corrected chi connectivity index (χ2v) is 5.13. The third-order valence-corrected chi connectivity index (χ3v) is 3.25. The highest BCUT2D eigenvalue weighted by Gasteiger charge is 2.34. The topological polar surface area (TPSA) is 87.5 Å². The van der Waals surface area contributed by atoms with Crippen LogP contribution >= 0.6 is 0 Å². The fraction of sp³-hybridized carbons (Fsp3) is 0.615. The number of hydrogen-bond acceptors (Lipinski definition) is 3. The number of aliphatic carboxylic acids is 1. The van der Waals surface area contributed by atoms with Gasteiger partial charge in [-0.15, -0.1) is 0 Å². The lowest BCUT2D eigenvalue weighted by Crippen LogP contribution is -2.55. The van der Waals surface area contributed by atoms with Crippen molar-refractivity contribution in [1.29, 1.82) is 0 Å². The first kappa shape index (κ1) is 16.0. The minimum atomic E-state index is -1.25. The largest absolute Gasteiger partial charge is 0.480 e. The Kier molecular flexibility index (Phi) is 5.12. The molecular formula is C13H22N4O3. The van der Waals surface area contributed by atoms with E-state index in [1.807, 2.05) is 18.5 Å². The molecule has 1 rings (SSSR count). The van der Waals surface area contributed by atoms with E-state index in [0.29, 0.717) is 19.4 Å². The molecule has 7 heteroatoms. The van der Waals surface area contributed by atoms with Gasteiger partial charge in [0.05, 0.1) is 6.54 Å². The van der Waals surface area contributed by atoms with Gasteiger partial charge >= 0.3 is 12.0 Å². The molecule has 7 nitrogen and oxygen atoms in total. The van der Waals surface area contributed by atoms with E-state index >= 15 is 0 Å². The van der Waals surface area contributed by atoms with E-state index in [0.717, 1.165) is 5.82 Å². The van der Waals surface area contributed by atoms with Crippen molar-refractivity contribution >= 4 is 12.0 Å². The van der Waals surface area contributed by atoms with Crippen molar-refractivity contribution in [2.75, 3.05) is 7.05 Å². The zero-order valence-electron chi connectivity index (χ0n) is 12.4. The molecule has 1 heterocycles. The maximum Gasteiger partial charge on any atom is 0.329 e. The van der Waals surface area contributed by atoms with Gasteiger partial charge in [0, 0.05) is 26.5 Å². The van der Waals surface area contributed by atoms with Gasteiger partial charge in [-0.3, -0.25) is 0 Å². The molecule has 1 aromatic rings. The number of nitrogens with zero attached hydrogens (tertiary/aromatic N) is 3. The number of aryl methyl sites for hydroxylation is 1. The van der Waals surface area contributed by atoms with Gasteiger partial charge in [0.25, 0.3) is 0 Å². The zero-order valence-corrected chi connectivity index (χ0v) is 12.4. The van der Waals surface area contributed by atoms with Crippen molar-refractivity contribution in [3.05, 3.63) is 18.2 Å². The molecule has 1 atom stereocenters. The summed E-state index contributed by atoms with van der Waals surface area (Å²) in [5, 5.41) is 11.8. The van der Waals surface area contributed by atoms with Crippen LogP contribution < -0.4 is 5.32 Å². The molecule has 0 spiro atoms. The number of aromatic nitrogens is 2. The molecule has 0 saturated heterocycles. The van der Waals surface area contributed by atoms with Gasteiger partial charge in [0.15, 0.2) is 0 Å². The fourth-order valence-corrected chi connectivity index (χ4v) is 1.89. The molecule has 0 aromatic carbocycles. The minimum Gasteiger partial charge on any atom is -0.480 e. The number of carboxylic acids is 1. The lowest BCUT2D eigenvalue weighted by atomic mass is 9.96. The lowest BCUT2D eigenvalue weighted by molar-refractivity contribution is -0.144. The smallest absolute Gasteiger partial charge is 0.329 e. The van der Waals surface area contributed by atoms with Gasteiger partial charge < -0.3 is 19.9 Å². The third-order valence-electron chi connectivity index (χ3n) is 3.25. The normalized spacial score (nSPS) is 13.6. The van der Waals surface area contributed by atoms with E-state index < -0.39 is 17.5 Å². The van der Waals surface area contributed by atoms with E-state index in [9.17, 15) is 14.7 Å². The van der Waals surface area contributed by atoms with Gasteiger partial charge in [-0.25, -0.2) is 14.6 Å². The summed E-state index contributed by atoms with van der Waals surface area (Å²) in [6.45, 7) is 3.72. The predicted octanol–water partition coefficient (Wildman–Crippen LogP) is 1.20. The summed E-state index contributed by atoms with van der Waals surface area (Å²) >= 11 is 0. The molecule has 0 radical (unpaired) electrons. The maximum atomic E-state index is 12.1. The first-order chi connectivity index (χ1) is 9.30. The van der Waals surface area contributed by atoms with Crippen molar-refractivity contribution in [2.24, 2.45) is 7.05 Å². The summed E-state index contributed by atoms with van der Waals surface area (Å²) in [6.07, 6.45) is 4.50. The Labute approximate surface area is 118 Å². The SMILES string of the molecule is CCCC(C)(NC(=O)N(C)Cc1nccn1C)C(=O)O. The van der Waals surface area contributed by atoms with Gasteiger partial charge in [0.1, 0.15) is 11.4 Å². The Balaban J connectivity index is 2.69. The number of hydrogen-bond donors (Lipinski definition) is 2. The summed E-state index contributed by atoms with van der Waals surface area (Å²) < 4.78 is 1.81. The molecule has 20 heavy (non-hydrogen) atoms. The quantitative estimate of drug-likeness (QED) is 0.821. The second kappa shape index (κ2) is 6.40. The van der Waals surface area contributed by atoms with Gasteiger partial charge in [-0.05, 0) is 13.3 Å². The molecule has 2 N–H and O–H groups in total. The van der Waals surface area contributed by atoms with Crippen LogP contribution in [0.4, 0.5) is 4.79 Å². The first-order valence-electron chi connectivity index (χ1n) is 6.53. The van der Waals surface area contributed by atoms with Crippen LogP contribution in [0.15, 0.2) is 12.4 Å². The average Bonchev–Trinajstić information content (AvgIpc) is 2.75. The number of carboxylic acid groups (broad SMARTS) is 1. The lowest BCUT2D eigenvalue weighted by Gasteiger charge is -2.28.